The molecule has 0 aliphatic heterocycles. The highest BCUT2D eigenvalue weighted by molar-refractivity contribution is 5.82. The molecule has 0 saturated heterocycles. The number of hydrogen-bond donors (Lipinski definition) is 0. The highest BCUT2D eigenvalue weighted by atomic mass is 15.1. The number of nitrogens with zero attached hydrogens (tertiary/aromatic N) is 1. The number of anilines is 3. The molecule has 3 aromatic rings. The van der Waals surface area contributed by atoms with E-state index >= 15 is 0 Å². The number of para-hydroxylation sites is 2. The van der Waals surface area contributed by atoms with Gasteiger partial charge in [0, 0.05) is 22.5 Å². The van der Waals surface area contributed by atoms with Crippen LogP contribution in [0.5, 0.6) is 0 Å². The standard InChI is InChI=1S/C33H35N/c1-6-25(3)18-19-26(4)23-33(7-2)24-27(5)31-21-20-30(22-32(31)33)34(28-14-10-8-11-15-28)29-16-12-9-13-17-29/h6,8-22,24H,1,7,23H2,2-5H3. The van der Waals surface area contributed by atoms with Gasteiger partial charge in [0.1, 0.15) is 0 Å². The smallest absolute Gasteiger partial charge is 0.0465 e. The van der Waals surface area contributed by atoms with Crippen LogP contribution in [0.25, 0.3) is 5.57 Å². The summed E-state index contributed by atoms with van der Waals surface area (Å²) in [5, 5.41) is 0. The first-order valence-corrected chi connectivity index (χ1v) is 12.2. The molecule has 0 radical (unpaired) electrons. The second-order valence-electron chi connectivity index (χ2n) is 9.38. The molecule has 1 unspecified atom stereocenters. The number of benzene rings is 3. The Kier molecular flexibility index (Phi) is 7.03. The molecule has 0 heterocycles. The van der Waals surface area contributed by atoms with Gasteiger partial charge in [0.05, 0.1) is 0 Å². The van der Waals surface area contributed by atoms with E-state index < -0.39 is 0 Å². The van der Waals surface area contributed by atoms with Crippen molar-refractivity contribution < 1.29 is 0 Å². The largest absolute Gasteiger partial charge is 0.310 e. The van der Waals surface area contributed by atoms with E-state index in [1.54, 1.807) is 0 Å². The monoisotopic (exact) mass is 445 g/mol. The van der Waals surface area contributed by atoms with Gasteiger partial charge in [0.15, 0.2) is 0 Å². The van der Waals surface area contributed by atoms with E-state index in [4.69, 9.17) is 0 Å². The lowest BCUT2D eigenvalue weighted by Crippen LogP contribution is -2.22. The first kappa shape index (κ1) is 23.6. The highest BCUT2D eigenvalue weighted by Gasteiger charge is 2.36. The van der Waals surface area contributed by atoms with Crippen molar-refractivity contribution in [1.82, 2.24) is 0 Å². The van der Waals surface area contributed by atoms with E-state index in [9.17, 15) is 0 Å². The van der Waals surface area contributed by atoms with Crippen LogP contribution < -0.4 is 4.90 Å². The highest BCUT2D eigenvalue weighted by Crippen LogP contribution is 2.48. The van der Waals surface area contributed by atoms with Gasteiger partial charge in [-0.1, -0.05) is 91.4 Å². The zero-order valence-corrected chi connectivity index (χ0v) is 20.9. The molecule has 0 fully saturated rings. The molecule has 0 saturated carbocycles. The van der Waals surface area contributed by atoms with Crippen LogP contribution in [-0.2, 0) is 5.41 Å². The van der Waals surface area contributed by atoms with Gasteiger partial charge in [-0.2, -0.15) is 0 Å². The van der Waals surface area contributed by atoms with E-state index in [-0.39, 0.29) is 5.41 Å². The van der Waals surface area contributed by atoms with Crippen molar-refractivity contribution in [2.75, 3.05) is 4.90 Å². The molecule has 3 aromatic carbocycles. The molecule has 34 heavy (non-hydrogen) atoms. The SMILES string of the molecule is C=CC(C)=CC=C(C)CC1(CC)C=C(C)c2ccc(N(c3ccccc3)c3ccccc3)cc21. The molecule has 0 aromatic heterocycles. The Labute approximate surface area is 205 Å². The number of rotatable bonds is 8. The Hall–Kier alpha value is -3.58. The fourth-order valence-corrected chi connectivity index (χ4v) is 5.06. The molecule has 1 heteroatoms. The van der Waals surface area contributed by atoms with Crippen LogP contribution >= 0.6 is 0 Å². The lowest BCUT2D eigenvalue weighted by Gasteiger charge is -2.31. The van der Waals surface area contributed by atoms with Gasteiger partial charge in [-0.05, 0) is 86.7 Å². The summed E-state index contributed by atoms with van der Waals surface area (Å²) in [5.74, 6) is 0. The number of fused-ring (bicyclic) bond motifs is 1. The molecular formula is C33H35N. The van der Waals surface area contributed by atoms with Crippen LogP contribution in [0.4, 0.5) is 17.1 Å². The second-order valence-corrected chi connectivity index (χ2v) is 9.38. The van der Waals surface area contributed by atoms with E-state index in [0.29, 0.717) is 0 Å². The van der Waals surface area contributed by atoms with Crippen LogP contribution in [0.15, 0.2) is 121 Å². The predicted octanol–water partition coefficient (Wildman–Crippen LogP) is 9.69. The summed E-state index contributed by atoms with van der Waals surface area (Å²) in [4.78, 5) is 2.35. The summed E-state index contributed by atoms with van der Waals surface area (Å²) >= 11 is 0. The minimum Gasteiger partial charge on any atom is -0.310 e. The summed E-state index contributed by atoms with van der Waals surface area (Å²) in [6, 6.07) is 28.3. The van der Waals surface area contributed by atoms with Gasteiger partial charge < -0.3 is 4.90 Å². The van der Waals surface area contributed by atoms with Crippen LogP contribution in [0.3, 0.4) is 0 Å². The molecule has 172 valence electrons. The molecule has 0 spiro atoms. The molecule has 4 rings (SSSR count). The van der Waals surface area contributed by atoms with Crippen molar-refractivity contribution in [3.8, 4) is 0 Å². The van der Waals surface area contributed by atoms with Gasteiger partial charge in [-0.25, -0.2) is 0 Å². The van der Waals surface area contributed by atoms with Crippen molar-refractivity contribution in [2.24, 2.45) is 0 Å². The number of allylic oxidation sites excluding steroid dienone is 7. The predicted molar refractivity (Wildman–Crippen MR) is 149 cm³/mol. The normalized spacial score (nSPS) is 17.8. The van der Waals surface area contributed by atoms with Crippen LogP contribution in [-0.4, -0.2) is 0 Å². The third kappa shape index (κ3) is 4.70. The van der Waals surface area contributed by atoms with Crippen molar-refractivity contribution in [3.63, 3.8) is 0 Å². The first-order valence-electron chi connectivity index (χ1n) is 12.2. The minimum atomic E-state index is 0.00494. The van der Waals surface area contributed by atoms with E-state index in [2.05, 4.69) is 136 Å². The third-order valence-corrected chi connectivity index (χ3v) is 6.92. The Morgan fingerprint density at radius 3 is 2.03 bits per heavy atom. The maximum absolute atomic E-state index is 3.88. The van der Waals surface area contributed by atoms with Crippen molar-refractivity contribution in [2.45, 2.75) is 46.0 Å². The average molecular weight is 446 g/mol. The van der Waals surface area contributed by atoms with Crippen molar-refractivity contribution in [1.29, 1.82) is 0 Å². The maximum Gasteiger partial charge on any atom is 0.0465 e. The molecule has 1 aliphatic carbocycles. The molecule has 0 amide bonds. The topological polar surface area (TPSA) is 3.24 Å². The van der Waals surface area contributed by atoms with Gasteiger partial charge in [0.2, 0.25) is 0 Å². The van der Waals surface area contributed by atoms with Gasteiger partial charge in [0.25, 0.3) is 0 Å². The maximum atomic E-state index is 3.88. The lowest BCUT2D eigenvalue weighted by atomic mass is 9.75. The number of hydrogen-bond acceptors (Lipinski definition) is 1. The molecule has 0 bridgehead atoms. The molecule has 0 N–H and O–H groups in total. The summed E-state index contributed by atoms with van der Waals surface area (Å²) in [6.07, 6.45) is 10.9. The molecular weight excluding hydrogens is 410 g/mol. The van der Waals surface area contributed by atoms with Crippen molar-refractivity contribution in [3.05, 3.63) is 132 Å². The summed E-state index contributed by atoms with van der Waals surface area (Å²) < 4.78 is 0. The second kappa shape index (κ2) is 10.1. The fourth-order valence-electron chi connectivity index (χ4n) is 5.06. The summed E-state index contributed by atoms with van der Waals surface area (Å²) in [5.41, 5.74) is 10.3. The van der Waals surface area contributed by atoms with Crippen LogP contribution in [0.1, 0.15) is 51.7 Å². The molecule has 1 atom stereocenters. The van der Waals surface area contributed by atoms with Gasteiger partial charge in [-0.15, -0.1) is 0 Å². The van der Waals surface area contributed by atoms with Crippen molar-refractivity contribution >= 4 is 22.6 Å². The minimum absolute atomic E-state index is 0.00494. The zero-order valence-electron chi connectivity index (χ0n) is 20.9. The first-order chi connectivity index (χ1) is 16.5. The van der Waals surface area contributed by atoms with E-state index in [1.165, 1.54) is 44.9 Å². The Bertz CT molecular complexity index is 1200. The van der Waals surface area contributed by atoms with Crippen LogP contribution in [0, 0.1) is 0 Å². The van der Waals surface area contributed by atoms with Gasteiger partial charge in [-0.3, -0.25) is 0 Å². The fraction of sp³-hybridized carbons (Fsp3) is 0.212. The molecule has 1 aliphatic rings. The summed E-state index contributed by atoms with van der Waals surface area (Å²) in [7, 11) is 0. The Morgan fingerprint density at radius 2 is 1.47 bits per heavy atom. The average Bonchev–Trinajstić information content (AvgIpc) is 3.15. The Morgan fingerprint density at radius 1 is 0.853 bits per heavy atom. The zero-order chi connectivity index (χ0) is 24.1. The van der Waals surface area contributed by atoms with Gasteiger partial charge >= 0.3 is 0 Å². The van der Waals surface area contributed by atoms with E-state index in [1.807, 2.05) is 6.08 Å². The Balaban J connectivity index is 1.81. The third-order valence-electron chi connectivity index (χ3n) is 6.92. The molecule has 1 nitrogen and oxygen atoms in total. The van der Waals surface area contributed by atoms with E-state index in [0.717, 1.165) is 12.8 Å². The summed E-state index contributed by atoms with van der Waals surface area (Å²) in [6.45, 7) is 12.8. The quantitative estimate of drug-likeness (QED) is 0.312. The lowest BCUT2D eigenvalue weighted by molar-refractivity contribution is 0.518. The van der Waals surface area contributed by atoms with Crippen LogP contribution in [0.2, 0.25) is 0 Å².